The molecule has 0 unspecified atom stereocenters. The lowest BCUT2D eigenvalue weighted by Crippen LogP contribution is -2.37. The van der Waals surface area contributed by atoms with Crippen LogP contribution in [0.4, 0.5) is 5.69 Å². The van der Waals surface area contributed by atoms with E-state index in [0.717, 1.165) is 11.3 Å². The van der Waals surface area contributed by atoms with Gasteiger partial charge in [0.15, 0.2) is 26.5 Å². The van der Waals surface area contributed by atoms with Crippen LogP contribution in [0.5, 0.6) is 11.5 Å². The number of carbonyl (C=O) groups is 1. The van der Waals surface area contributed by atoms with Gasteiger partial charge in [-0.25, -0.2) is 8.42 Å². The fourth-order valence-electron chi connectivity index (χ4n) is 4.20. The highest BCUT2D eigenvalue weighted by Gasteiger charge is 2.49. The number of nitrogens with zero attached hydrogens (tertiary/aromatic N) is 2. The molecule has 2 aromatic carbocycles. The third-order valence-corrected chi connectivity index (χ3v) is 9.14. The Morgan fingerprint density at radius 1 is 1.09 bits per heavy atom. The first-order chi connectivity index (χ1) is 15.7. The van der Waals surface area contributed by atoms with Gasteiger partial charge in [0.1, 0.15) is 0 Å². The number of hydrogen-bond acceptors (Lipinski definition) is 6. The van der Waals surface area contributed by atoms with Gasteiger partial charge in [-0.15, -0.1) is 0 Å². The maximum atomic E-state index is 12.9. The summed E-state index contributed by atoms with van der Waals surface area (Å²) < 4.78 is 35.1. The van der Waals surface area contributed by atoms with Gasteiger partial charge in [-0.2, -0.15) is 4.99 Å². The number of benzene rings is 2. The molecule has 0 saturated carbocycles. The summed E-state index contributed by atoms with van der Waals surface area (Å²) in [4.78, 5) is 19.2. The third-order valence-electron chi connectivity index (χ3n) is 5.93. The lowest BCUT2D eigenvalue weighted by molar-refractivity contribution is -0.117. The number of anilines is 1. The molecular formula is C24H28N2O5S2. The van der Waals surface area contributed by atoms with Gasteiger partial charge in [0, 0.05) is 10.9 Å². The summed E-state index contributed by atoms with van der Waals surface area (Å²) in [5.74, 6) is 1.42. The normalized spacial score (nSPS) is 22.6. The minimum absolute atomic E-state index is 0.0689. The molecule has 2 aromatic rings. The van der Waals surface area contributed by atoms with Crippen molar-refractivity contribution in [2.24, 2.45) is 4.99 Å². The summed E-state index contributed by atoms with van der Waals surface area (Å²) in [5.41, 5.74) is 2.82. The molecule has 7 nitrogen and oxygen atoms in total. The highest BCUT2D eigenvalue weighted by molar-refractivity contribution is 8.16. The minimum atomic E-state index is -3.11. The third kappa shape index (κ3) is 5.04. The largest absolute Gasteiger partial charge is 0.493 e. The molecule has 0 radical (unpaired) electrons. The number of hydrogen-bond donors (Lipinski definition) is 0. The molecule has 2 atom stereocenters. The van der Waals surface area contributed by atoms with E-state index in [4.69, 9.17) is 9.47 Å². The Kier molecular flexibility index (Phi) is 6.72. The maximum absolute atomic E-state index is 12.9. The van der Waals surface area contributed by atoms with Gasteiger partial charge < -0.3 is 14.4 Å². The molecule has 0 N–H and O–H groups in total. The summed E-state index contributed by atoms with van der Waals surface area (Å²) >= 11 is 1.38. The quantitative estimate of drug-likeness (QED) is 0.613. The van der Waals surface area contributed by atoms with Crippen LogP contribution in [0, 0.1) is 0 Å². The standard InChI is InChI=1S/C24H28N2O5S2/c1-15(2)17-6-8-18(9-7-17)26-19-13-33(28,29)14-22(19)32-24(26)25-23(27)12-16-5-10-20(30-3)21(11-16)31-4/h5-11,15,19,22H,12-14H2,1-4H3/t19-,22-/m1/s1. The molecule has 0 bridgehead atoms. The molecule has 0 aromatic heterocycles. The lowest BCUT2D eigenvalue weighted by Gasteiger charge is -2.25. The van der Waals surface area contributed by atoms with E-state index in [1.165, 1.54) is 17.3 Å². The molecule has 33 heavy (non-hydrogen) atoms. The average molecular weight is 489 g/mol. The summed E-state index contributed by atoms with van der Waals surface area (Å²) in [6.45, 7) is 4.25. The number of ether oxygens (including phenoxy) is 2. The number of amides is 1. The second-order valence-corrected chi connectivity index (χ2v) is 11.9. The van der Waals surface area contributed by atoms with Gasteiger partial charge in [0.25, 0.3) is 5.91 Å². The number of methoxy groups -OCH3 is 2. The van der Waals surface area contributed by atoms with Crippen molar-refractivity contribution in [3.05, 3.63) is 53.6 Å². The smallest absolute Gasteiger partial charge is 0.252 e. The van der Waals surface area contributed by atoms with E-state index in [1.807, 2.05) is 35.2 Å². The van der Waals surface area contributed by atoms with Crippen molar-refractivity contribution in [2.45, 2.75) is 37.5 Å². The van der Waals surface area contributed by atoms with Crippen LogP contribution in [0.1, 0.15) is 30.9 Å². The molecule has 9 heteroatoms. The van der Waals surface area contributed by atoms with Crippen molar-refractivity contribution >= 4 is 38.4 Å². The van der Waals surface area contributed by atoms with Gasteiger partial charge in [0.05, 0.1) is 38.2 Å². The molecular weight excluding hydrogens is 460 g/mol. The van der Waals surface area contributed by atoms with Crippen molar-refractivity contribution in [1.29, 1.82) is 0 Å². The van der Waals surface area contributed by atoms with Crippen LogP contribution in [0.25, 0.3) is 0 Å². The Bertz CT molecular complexity index is 1180. The van der Waals surface area contributed by atoms with Crippen molar-refractivity contribution in [2.75, 3.05) is 30.6 Å². The zero-order valence-electron chi connectivity index (χ0n) is 19.1. The lowest BCUT2D eigenvalue weighted by atomic mass is 10.0. The molecule has 176 valence electrons. The van der Waals surface area contributed by atoms with E-state index >= 15 is 0 Å². The second kappa shape index (κ2) is 9.38. The van der Waals surface area contributed by atoms with Gasteiger partial charge in [0.2, 0.25) is 0 Å². The number of sulfone groups is 1. The Morgan fingerprint density at radius 3 is 2.42 bits per heavy atom. The fraction of sp³-hybridized carbons (Fsp3) is 0.417. The number of fused-ring (bicyclic) bond motifs is 1. The Morgan fingerprint density at radius 2 is 1.79 bits per heavy atom. The molecule has 2 fully saturated rings. The highest BCUT2D eigenvalue weighted by atomic mass is 32.2. The van der Waals surface area contributed by atoms with Gasteiger partial charge >= 0.3 is 0 Å². The Labute approximate surface area is 199 Å². The van der Waals surface area contributed by atoms with E-state index < -0.39 is 9.84 Å². The SMILES string of the molecule is COc1ccc(CC(=O)N=C2S[C@@H]3CS(=O)(=O)C[C@H]3N2c2ccc(C(C)C)cc2)cc1OC. The van der Waals surface area contributed by atoms with Crippen molar-refractivity contribution in [3.63, 3.8) is 0 Å². The van der Waals surface area contributed by atoms with Crippen LogP contribution >= 0.6 is 11.8 Å². The van der Waals surface area contributed by atoms with Crippen LogP contribution in [-0.4, -0.2) is 56.5 Å². The first kappa shape index (κ1) is 23.6. The molecule has 0 spiro atoms. The minimum Gasteiger partial charge on any atom is -0.493 e. The summed E-state index contributed by atoms with van der Waals surface area (Å²) in [5, 5.41) is 0.426. The first-order valence-electron chi connectivity index (χ1n) is 10.8. The monoisotopic (exact) mass is 488 g/mol. The second-order valence-electron chi connectivity index (χ2n) is 8.57. The summed E-state index contributed by atoms with van der Waals surface area (Å²) in [6.07, 6.45) is 0.109. The van der Waals surface area contributed by atoms with Crippen LogP contribution in [0.3, 0.4) is 0 Å². The van der Waals surface area contributed by atoms with Crippen LogP contribution in [0.15, 0.2) is 47.5 Å². The van der Waals surface area contributed by atoms with Crippen molar-refractivity contribution in [3.8, 4) is 11.5 Å². The molecule has 2 heterocycles. The average Bonchev–Trinajstić information content (AvgIpc) is 3.24. The van der Waals surface area contributed by atoms with Gasteiger partial charge in [-0.05, 0) is 41.3 Å². The Balaban J connectivity index is 1.61. The predicted octanol–water partition coefficient (Wildman–Crippen LogP) is 3.67. The number of rotatable bonds is 6. The Hall–Kier alpha value is -2.52. The van der Waals surface area contributed by atoms with Crippen LogP contribution in [0.2, 0.25) is 0 Å². The first-order valence-corrected chi connectivity index (χ1v) is 13.5. The maximum Gasteiger partial charge on any atom is 0.252 e. The van der Waals surface area contributed by atoms with Crippen molar-refractivity contribution in [1.82, 2.24) is 0 Å². The molecule has 1 amide bonds. The number of thioether (sulfide) groups is 1. The fourth-order valence-corrected chi connectivity index (χ4v) is 8.13. The summed E-state index contributed by atoms with van der Waals surface area (Å²) in [6, 6.07) is 13.2. The zero-order valence-corrected chi connectivity index (χ0v) is 20.8. The van der Waals surface area contributed by atoms with Crippen LogP contribution < -0.4 is 14.4 Å². The van der Waals surface area contributed by atoms with E-state index in [1.54, 1.807) is 26.4 Å². The predicted molar refractivity (Wildman–Crippen MR) is 133 cm³/mol. The molecule has 2 saturated heterocycles. The van der Waals surface area contributed by atoms with E-state index in [2.05, 4.69) is 18.8 Å². The molecule has 2 aliphatic rings. The van der Waals surface area contributed by atoms with Gasteiger partial charge in [-0.1, -0.05) is 43.8 Å². The molecule has 0 aliphatic carbocycles. The topological polar surface area (TPSA) is 85.3 Å². The molecule has 2 aliphatic heterocycles. The van der Waals surface area contributed by atoms with Crippen LogP contribution in [-0.2, 0) is 21.1 Å². The van der Waals surface area contributed by atoms with E-state index in [-0.39, 0.29) is 35.1 Å². The van der Waals surface area contributed by atoms with E-state index in [0.29, 0.717) is 22.6 Å². The van der Waals surface area contributed by atoms with E-state index in [9.17, 15) is 13.2 Å². The number of amidine groups is 1. The summed E-state index contributed by atoms with van der Waals surface area (Å²) in [7, 11) is -0.000446. The van der Waals surface area contributed by atoms with Crippen molar-refractivity contribution < 1.29 is 22.7 Å². The number of carbonyl (C=O) groups excluding carboxylic acids is 1. The highest BCUT2D eigenvalue weighted by Crippen LogP contribution is 2.41. The zero-order chi connectivity index (χ0) is 23.8. The number of aliphatic imine (C=N–C) groups is 1. The van der Waals surface area contributed by atoms with Gasteiger partial charge in [-0.3, -0.25) is 4.79 Å². The molecule has 4 rings (SSSR count).